The van der Waals surface area contributed by atoms with Crippen LogP contribution in [0.1, 0.15) is 62.2 Å². The molecule has 4 aromatic rings. The highest BCUT2D eigenvalue weighted by molar-refractivity contribution is 5.79. The van der Waals surface area contributed by atoms with Gasteiger partial charge < -0.3 is 8.94 Å². The van der Waals surface area contributed by atoms with Gasteiger partial charge in [-0.25, -0.2) is 4.98 Å². The van der Waals surface area contributed by atoms with E-state index in [1.54, 1.807) is 0 Å². The average molecular weight is 350 g/mol. The van der Waals surface area contributed by atoms with Gasteiger partial charge in [-0.1, -0.05) is 45.0 Å². The minimum Gasteiger partial charge on any atom is -0.441 e. The highest BCUT2D eigenvalue weighted by atomic mass is 16.5. The zero-order valence-corrected chi connectivity index (χ0v) is 16.3. The topological polar surface area (TPSA) is 52.1 Å². The van der Waals surface area contributed by atoms with Crippen LogP contribution in [0.3, 0.4) is 0 Å². The van der Waals surface area contributed by atoms with Crippen molar-refractivity contribution in [2.24, 2.45) is 0 Å². The van der Waals surface area contributed by atoms with Crippen molar-refractivity contribution in [3.05, 3.63) is 59.1 Å². The quantitative estimate of drug-likeness (QED) is 0.413. The molecular weight excluding hydrogens is 324 g/mol. The normalized spacial score (nSPS) is 11.4. The highest BCUT2D eigenvalue weighted by Crippen LogP contribution is 2.23. The van der Waals surface area contributed by atoms with Crippen molar-refractivity contribution in [1.29, 1.82) is 0 Å². The molecule has 0 saturated carbocycles. The van der Waals surface area contributed by atoms with Gasteiger partial charge in [-0.3, -0.25) is 0 Å². The van der Waals surface area contributed by atoms with E-state index in [9.17, 15) is 0 Å². The van der Waals surface area contributed by atoms with E-state index in [1.807, 2.05) is 19.9 Å². The molecule has 0 aliphatic carbocycles. The SMILES string of the molecule is Cc1nc2ccc(C(C)C)cc2o1.Cc1noc2cc(C(C)C)ccc12. The molecule has 2 heterocycles. The number of oxazole rings is 1. The summed E-state index contributed by atoms with van der Waals surface area (Å²) in [6, 6.07) is 12.5. The zero-order chi connectivity index (χ0) is 18.8. The lowest BCUT2D eigenvalue weighted by Crippen LogP contribution is -1.85. The first-order valence-electron chi connectivity index (χ1n) is 9.08. The van der Waals surface area contributed by atoms with Gasteiger partial charge in [-0.15, -0.1) is 0 Å². The number of hydrogen-bond donors (Lipinski definition) is 0. The summed E-state index contributed by atoms with van der Waals surface area (Å²) in [4.78, 5) is 4.25. The molecular formula is C22H26N2O2. The molecule has 0 saturated heterocycles. The summed E-state index contributed by atoms with van der Waals surface area (Å²) in [6.45, 7) is 12.5. The molecule has 0 radical (unpaired) electrons. The van der Waals surface area contributed by atoms with E-state index in [2.05, 4.69) is 68.2 Å². The van der Waals surface area contributed by atoms with Gasteiger partial charge in [-0.2, -0.15) is 0 Å². The van der Waals surface area contributed by atoms with Gasteiger partial charge in [0.15, 0.2) is 17.1 Å². The Hall–Kier alpha value is -2.62. The Morgan fingerprint density at radius 1 is 0.808 bits per heavy atom. The van der Waals surface area contributed by atoms with Crippen molar-refractivity contribution < 1.29 is 8.94 Å². The van der Waals surface area contributed by atoms with E-state index in [0.717, 1.165) is 33.7 Å². The monoisotopic (exact) mass is 350 g/mol. The molecule has 0 aliphatic rings. The third-order valence-corrected chi connectivity index (χ3v) is 4.53. The molecule has 26 heavy (non-hydrogen) atoms. The largest absolute Gasteiger partial charge is 0.441 e. The van der Waals surface area contributed by atoms with Crippen LogP contribution in [0.4, 0.5) is 0 Å². The molecule has 0 amide bonds. The molecule has 0 fully saturated rings. The average Bonchev–Trinajstić information content (AvgIpc) is 3.16. The lowest BCUT2D eigenvalue weighted by molar-refractivity contribution is 0.450. The van der Waals surface area contributed by atoms with Crippen molar-refractivity contribution in [3.63, 3.8) is 0 Å². The van der Waals surface area contributed by atoms with E-state index in [4.69, 9.17) is 8.94 Å². The van der Waals surface area contributed by atoms with Crippen LogP contribution >= 0.6 is 0 Å². The number of nitrogens with zero attached hydrogens (tertiary/aromatic N) is 2. The maximum atomic E-state index is 5.45. The van der Waals surface area contributed by atoms with Crippen molar-refractivity contribution in [3.8, 4) is 0 Å². The summed E-state index contributed by atoms with van der Waals surface area (Å²) in [7, 11) is 0. The molecule has 4 rings (SSSR count). The third-order valence-electron chi connectivity index (χ3n) is 4.53. The molecule has 2 aromatic carbocycles. The minimum atomic E-state index is 0.537. The second-order valence-corrected chi connectivity index (χ2v) is 7.29. The van der Waals surface area contributed by atoms with E-state index in [0.29, 0.717) is 11.8 Å². The van der Waals surface area contributed by atoms with Crippen LogP contribution in [0, 0.1) is 13.8 Å². The van der Waals surface area contributed by atoms with E-state index in [-0.39, 0.29) is 0 Å². The molecule has 0 bridgehead atoms. The smallest absolute Gasteiger partial charge is 0.192 e. The molecule has 0 spiro atoms. The van der Waals surface area contributed by atoms with Crippen molar-refractivity contribution in [1.82, 2.24) is 10.1 Å². The standard InChI is InChI=1S/2C11H13NO/c1-7(2)9-4-5-10-11(6-9)13-8(3)12-10;1-7(2)9-4-5-10-8(3)12-13-11(10)6-9/h2*4-7H,1-3H3. The van der Waals surface area contributed by atoms with Gasteiger partial charge >= 0.3 is 0 Å². The molecule has 4 nitrogen and oxygen atoms in total. The fourth-order valence-electron chi connectivity index (χ4n) is 2.85. The summed E-state index contributed by atoms with van der Waals surface area (Å²) >= 11 is 0. The van der Waals surface area contributed by atoms with Crippen LogP contribution in [0.15, 0.2) is 45.3 Å². The predicted molar refractivity (Wildman–Crippen MR) is 106 cm³/mol. The summed E-state index contributed by atoms with van der Waals surface area (Å²) in [5.74, 6) is 1.81. The second kappa shape index (κ2) is 7.32. The van der Waals surface area contributed by atoms with Crippen LogP contribution in [0.5, 0.6) is 0 Å². The predicted octanol–water partition coefficient (Wildman–Crippen LogP) is 6.52. The van der Waals surface area contributed by atoms with Crippen molar-refractivity contribution >= 4 is 22.1 Å². The van der Waals surface area contributed by atoms with Crippen molar-refractivity contribution in [2.45, 2.75) is 53.4 Å². The maximum absolute atomic E-state index is 5.45. The first kappa shape index (κ1) is 18.2. The van der Waals surface area contributed by atoms with Gasteiger partial charge in [0, 0.05) is 12.3 Å². The number of aryl methyl sites for hydroxylation is 2. The number of rotatable bonds is 2. The summed E-state index contributed by atoms with van der Waals surface area (Å²) < 4.78 is 10.6. The number of aromatic nitrogens is 2. The van der Waals surface area contributed by atoms with E-state index >= 15 is 0 Å². The minimum absolute atomic E-state index is 0.537. The molecule has 0 N–H and O–H groups in total. The van der Waals surface area contributed by atoms with Gasteiger partial charge in [-0.05, 0) is 54.2 Å². The number of benzene rings is 2. The van der Waals surface area contributed by atoms with E-state index in [1.165, 1.54) is 11.1 Å². The Labute approximate surface area is 154 Å². The van der Waals surface area contributed by atoms with Gasteiger partial charge in [0.1, 0.15) is 5.52 Å². The lowest BCUT2D eigenvalue weighted by atomic mass is 10.0. The Balaban J connectivity index is 0.000000151. The molecule has 0 atom stereocenters. The Morgan fingerprint density at radius 2 is 1.42 bits per heavy atom. The first-order valence-corrected chi connectivity index (χ1v) is 9.08. The Bertz CT molecular complexity index is 1010. The van der Waals surface area contributed by atoms with Crippen LogP contribution in [0.2, 0.25) is 0 Å². The number of hydrogen-bond acceptors (Lipinski definition) is 4. The van der Waals surface area contributed by atoms with Crippen LogP contribution < -0.4 is 0 Å². The lowest BCUT2D eigenvalue weighted by Gasteiger charge is -2.02. The van der Waals surface area contributed by atoms with Crippen LogP contribution in [-0.4, -0.2) is 10.1 Å². The molecule has 4 heteroatoms. The number of fused-ring (bicyclic) bond motifs is 2. The molecule has 0 unspecified atom stereocenters. The molecule has 136 valence electrons. The molecule has 0 aliphatic heterocycles. The molecule has 2 aromatic heterocycles. The van der Waals surface area contributed by atoms with Gasteiger partial charge in [0.05, 0.1) is 5.69 Å². The summed E-state index contributed by atoms with van der Waals surface area (Å²) in [5, 5.41) is 5.04. The van der Waals surface area contributed by atoms with E-state index < -0.39 is 0 Å². The van der Waals surface area contributed by atoms with Crippen LogP contribution in [-0.2, 0) is 0 Å². The first-order chi connectivity index (χ1) is 12.3. The fraction of sp³-hybridized carbons (Fsp3) is 0.364. The van der Waals surface area contributed by atoms with Gasteiger partial charge in [0.2, 0.25) is 0 Å². The fourth-order valence-corrected chi connectivity index (χ4v) is 2.85. The zero-order valence-electron chi connectivity index (χ0n) is 16.3. The summed E-state index contributed by atoms with van der Waals surface area (Å²) in [5.41, 5.74) is 6.28. The van der Waals surface area contributed by atoms with Gasteiger partial charge in [0.25, 0.3) is 0 Å². The highest BCUT2D eigenvalue weighted by Gasteiger charge is 2.06. The maximum Gasteiger partial charge on any atom is 0.192 e. The van der Waals surface area contributed by atoms with Crippen molar-refractivity contribution in [2.75, 3.05) is 0 Å². The summed E-state index contributed by atoms with van der Waals surface area (Å²) in [6.07, 6.45) is 0. The van der Waals surface area contributed by atoms with Crippen LogP contribution in [0.25, 0.3) is 22.1 Å². The second-order valence-electron chi connectivity index (χ2n) is 7.29. The Morgan fingerprint density at radius 3 is 2.08 bits per heavy atom. The Kier molecular flexibility index (Phi) is 5.12. The third kappa shape index (κ3) is 3.79.